The number of rotatable bonds is 7. The first-order valence-corrected chi connectivity index (χ1v) is 7.59. The Labute approximate surface area is 140 Å². The van der Waals surface area contributed by atoms with Gasteiger partial charge in [0.25, 0.3) is 0 Å². The first-order chi connectivity index (χ1) is 11.5. The summed E-state index contributed by atoms with van der Waals surface area (Å²) in [6.45, 7) is 1.22. The highest BCUT2D eigenvalue weighted by atomic mass is 16.4. The van der Waals surface area contributed by atoms with Crippen molar-refractivity contribution in [1.29, 1.82) is 0 Å². The summed E-state index contributed by atoms with van der Waals surface area (Å²) in [6.07, 6.45) is -1.60. The molecule has 0 saturated carbocycles. The fourth-order valence-electron chi connectivity index (χ4n) is 2.25. The summed E-state index contributed by atoms with van der Waals surface area (Å²) in [5.41, 5.74) is 2.05. The highest BCUT2D eigenvalue weighted by Gasteiger charge is 2.24. The van der Waals surface area contributed by atoms with Crippen molar-refractivity contribution in [1.82, 2.24) is 0 Å². The number of carboxylic acids is 1. The number of nitrogens with zero attached hydrogens (tertiary/aromatic N) is 1. The van der Waals surface area contributed by atoms with Gasteiger partial charge in [0.15, 0.2) is 11.8 Å². The Morgan fingerprint density at radius 3 is 1.79 bits per heavy atom. The van der Waals surface area contributed by atoms with Crippen molar-refractivity contribution >= 4 is 17.5 Å². The van der Waals surface area contributed by atoms with Crippen LogP contribution in [0.25, 0.3) is 0 Å². The zero-order valence-corrected chi connectivity index (χ0v) is 13.3. The molecule has 5 heteroatoms. The van der Waals surface area contributed by atoms with Crippen molar-refractivity contribution in [3.63, 3.8) is 0 Å². The van der Waals surface area contributed by atoms with Crippen LogP contribution in [0.4, 0.5) is 0 Å². The van der Waals surface area contributed by atoms with E-state index in [1.165, 1.54) is 6.92 Å². The Morgan fingerprint density at radius 1 is 0.958 bits per heavy atom. The number of ketones is 1. The summed E-state index contributed by atoms with van der Waals surface area (Å²) in [7, 11) is 0. The second-order valence-electron chi connectivity index (χ2n) is 5.43. The normalized spacial score (nSPS) is 12.9. The van der Waals surface area contributed by atoms with Gasteiger partial charge in [0.2, 0.25) is 0 Å². The maximum Gasteiger partial charge on any atom is 0.328 e. The van der Waals surface area contributed by atoms with Crippen molar-refractivity contribution in [3.8, 4) is 0 Å². The average molecular weight is 325 g/mol. The number of aliphatic imine (C=N–C) groups is 1. The molecule has 0 aliphatic heterocycles. The molecule has 0 saturated heterocycles. The van der Waals surface area contributed by atoms with Gasteiger partial charge in [-0.15, -0.1) is 0 Å². The number of hydrogen-bond donors (Lipinski definition) is 2. The van der Waals surface area contributed by atoms with Crippen molar-refractivity contribution in [3.05, 3.63) is 71.8 Å². The standard InChI is InChI=1S/C19H19NO4/c1-13(21)17(22)12-16(19(23)24)20-18(14-8-4-2-5-9-14)15-10-6-3-7-11-15/h2-11,16-17,22H,12H2,1H3,(H,23,24). The highest BCUT2D eigenvalue weighted by Crippen LogP contribution is 2.14. The third-order valence-corrected chi connectivity index (χ3v) is 3.58. The van der Waals surface area contributed by atoms with Crippen LogP contribution in [0.5, 0.6) is 0 Å². The first-order valence-electron chi connectivity index (χ1n) is 7.59. The number of Topliss-reactive ketones (excluding diaryl/α,β-unsaturated/α-hetero) is 1. The van der Waals surface area contributed by atoms with Crippen molar-refractivity contribution in [2.75, 3.05) is 0 Å². The van der Waals surface area contributed by atoms with E-state index in [4.69, 9.17) is 0 Å². The van der Waals surface area contributed by atoms with Crippen LogP contribution in [0.1, 0.15) is 24.5 Å². The predicted molar refractivity (Wildman–Crippen MR) is 91.3 cm³/mol. The lowest BCUT2D eigenvalue weighted by Crippen LogP contribution is -2.29. The molecular weight excluding hydrogens is 306 g/mol. The van der Waals surface area contributed by atoms with E-state index < -0.39 is 23.9 Å². The molecule has 5 nitrogen and oxygen atoms in total. The molecule has 0 bridgehead atoms. The van der Waals surface area contributed by atoms with Gasteiger partial charge < -0.3 is 10.2 Å². The van der Waals surface area contributed by atoms with Gasteiger partial charge in [-0.3, -0.25) is 9.79 Å². The highest BCUT2D eigenvalue weighted by molar-refractivity contribution is 6.13. The molecule has 2 aromatic carbocycles. The largest absolute Gasteiger partial charge is 0.480 e. The van der Waals surface area contributed by atoms with Crippen LogP contribution in [0.2, 0.25) is 0 Å². The molecule has 2 atom stereocenters. The molecule has 124 valence electrons. The van der Waals surface area contributed by atoms with E-state index in [9.17, 15) is 19.8 Å². The van der Waals surface area contributed by atoms with Gasteiger partial charge in [-0.2, -0.15) is 0 Å². The summed E-state index contributed by atoms with van der Waals surface area (Å²) in [6, 6.07) is 17.2. The molecule has 0 aliphatic rings. The topological polar surface area (TPSA) is 87.0 Å². The van der Waals surface area contributed by atoms with Crippen LogP contribution in [0, 0.1) is 0 Å². The van der Waals surface area contributed by atoms with Crippen LogP contribution >= 0.6 is 0 Å². The van der Waals surface area contributed by atoms with Gasteiger partial charge in [-0.05, 0) is 6.92 Å². The molecule has 2 N–H and O–H groups in total. The molecule has 24 heavy (non-hydrogen) atoms. The van der Waals surface area contributed by atoms with E-state index in [0.29, 0.717) is 5.71 Å². The lowest BCUT2D eigenvalue weighted by molar-refractivity contribution is -0.139. The summed E-state index contributed by atoms with van der Waals surface area (Å²) in [5, 5.41) is 19.1. The SMILES string of the molecule is CC(=O)C(O)CC(N=C(c1ccccc1)c1ccccc1)C(=O)O. The van der Waals surface area contributed by atoms with Crippen LogP contribution in [0.15, 0.2) is 65.7 Å². The van der Waals surface area contributed by atoms with E-state index in [1.807, 2.05) is 60.7 Å². The molecule has 0 fully saturated rings. The number of aliphatic carboxylic acids is 1. The van der Waals surface area contributed by atoms with Crippen LogP contribution in [-0.2, 0) is 9.59 Å². The van der Waals surface area contributed by atoms with E-state index in [2.05, 4.69) is 4.99 Å². The summed E-state index contributed by atoms with van der Waals surface area (Å²) < 4.78 is 0. The van der Waals surface area contributed by atoms with Crippen molar-refractivity contribution in [2.24, 2.45) is 4.99 Å². The number of carbonyl (C=O) groups is 2. The zero-order chi connectivity index (χ0) is 17.5. The van der Waals surface area contributed by atoms with Gasteiger partial charge >= 0.3 is 5.97 Å². The van der Waals surface area contributed by atoms with Gasteiger partial charge in [0.1, 0.15) is 6.10 Å². The second-order valence-corrected chi connectivity index (χ2v) is 5.43. The van der Waals surface area contributed by atoms with E-state index in [0.717, 1.165) is 11.1 Å². The first kappa shape index (κ1) is 17.6. The summed E-state index contributed by atoms with van der Waals surface area (Å²) >= 11 is 0. The second kappa shape index (κ2) is 8.17. The van der Waals surface area contributed by atoms with E-state index in [-0.39, 0.29) is 6.42 Å². The molecule has 0 radical (unpaired) electrons. The predicted octanol–water partition coefficient (Wildman–Crippen LogP) is 2.32. The maximum absolute atomic E-state index is 11.5. The fraction of sp³-hybridized carbons (Fsp3) is 0.211. The third-order valence-electron chi connectivity index (χ3n) is 3.58. The Hall–Kier alpha value is -2.79. The Bertz CT molecular complexity index is 684. The molecule has 0 aromatic heterocycles. The third kappa shape index (κ3) is 4.60. The van der Waals surface area contributed by atoms with E-state index >= 15 is 0 Å². The number of carbonyl (C=O) groups excluding carboxylic acids is 1. The number of benzene rings is 2. The van der Waals surface area contributed by atoms with E-state index in [1.54, 1.807) is 0 Å². The quantitative estimate of drug-likeness (QED) is 0.765. The minimum Gasteiger partial charge on any atom is -0.480 e. The maximum atomic E-state index is 11.5. The molecule has 0 amide bonds. The van der Waals surface area contributed by atoms with Crippen LogP contribution < -0.4 is 0 Å². The van der Waals surface area contributed by atoms with Gasteiger partial charge in [0, 0.05) is 17.5 Å². The Morgan fingerprint density at radius 2 is 1.42 bits per heavy atom. The molecular formula is C19H19NO4. The van der Waals surface area contributed by atoms with Gasteiger partial charge in [0.05, 0.1) is 5.71 Å². The molecule has 2 unspecified atom stereocenters. The smallest absolute Gasteiger partial charge is 0.328 e. The average Bonchev–Trinajstić information content (AvgIpc) is 2.59. The molecule has 0 heterocycles. The van der Waals surface area contributed by atoms with Crippen LogP contribution in [0.3, 0.4) is 0 Å². The number of aliphatic hydroxyl groups is 1. The number of hydrogen-bond acceptors (Lipinski definition) is 4. The molecule has 0 aliphatic carbocycles. The Kier molecular flexibility index (Phi) is 5.98. The minimum atomic E-state index is -1.34. The summed E-state index contributed by atoms with van der Waals surface area (Å²) in [5.74, 6) is -1.66. The Balaban J connectivity index is 2.46. The molecule has 0 spiro atoms. The minimum absolute atomic E-state index is 0.256. The monoisotopic (exact) mass is 325 g/mol. The lowest BCUT2D eigenvalue weighted by Gasteiger charge is -2.14. The van der Waals surface area contributed by atoms with Gasteiger partial charge in [-0.1, -0.05) is 60.7 Å². The summed E-state index contributed by atoms with van der Waals surface area (Å²) in [4.78, 5) is 27.1. The molecule has 2 aromatic rings. The van der Waals surface area contributed by atoms with Crippen molar-refractivity contribution in [2.45, 2.75) is 25.5 Å². The number of aliphatic hydroxyl groups excluding tert-OH is 1. The van der Waals surface area contributed by atoms with Crippen molar-refractivity contribution < 1.29 is 19.8 Å². The molecule has 2 rings (SSSR count). The number of carboxylic acid groups (broad SMARTS) is 1. The zero-order valence-electron chi connectivity index (χ0n) is 13.3. The van der Waals surface area contributed by atoms with Gasteiger partial charge in [-0.25, -0.2) is 4.79 Å². The lowest BCUT2D eigenvalue weighted by atomic mass is 10.0. The van der Waals surface area contributed by atoms with Crippen LogP contribution in [-0.4, -0.2) is 39.8 Å². The fourth-order valence-corrected chi connectivity index (χ4v) is 2.25.